The van der Waals surface area contributed by atoms with E-state index in [1.165, 1.54) is 23.1 Å². The lowest BCUT2D eigenvalue weighted by molar-refractivity contribution is -0.0504. The van der Waals surface area contributed by atoms with Gasteiger partial charge in [-0.1, -0.05) is 84.3 Å². The van der Waals surface area contributed by atoms with E-state index in [1.54, 1.807) is 6.07 Å². The lowest BCUT2D eigenvalue weighted by Gasteiger charge is -2.39. The molecule has 0 radical (unpaired) electrons. The topological polar surface area (TPSA) is 9.23 Å². The molecule has 1 atom stereocenters. The molecule has 1 nitrogen and oxygen atoms in total. The van der Waals surface area contributed by atoms with Gasteiger partial charge in [0.1, 0.15) is 5.75 Å². The van der Waals surface area contributed by atoms with E-state index in [-0.39, 0.29) is 5.41 Å². The van der Waals surface area contributed by atoms with Crippen molar-refractivity contribution in [3.8, 4) is 5.75 Å². The minimum Gasteiger partial charge on any atom is -0.435 e. The first kappa shape index (κ1) is 27.0. The second-order valence-corrected chi connectivity index (χ2v) is 11.3. The van der Waals surface area contributed by atoms with Gasteiger partial charge < -0.3 is 4.74 Å². The fraction of sp³-hybridized carbons (Fsp3) is 0.600. The molecular weight excluding hydrogens is 450 g/mol. The second-order valence-electron chi connectivity index (χ2n) is 10.9. The van der Waals surface area contributed by atoms with Gasteiger partial charge in [-0.2, -0.15) is 8.78 Å². The molecular formula is C30H41ClF2O. The first-order valence-electron chi connectivity index (χ1n) is 12.9. The van der Waals surface area contributed by atoms with Gasteiger partial charge in [0, 0.05) is 10.4 Å². The maximum Gasteiger partial charge on any atom is 0.387 e. The van der Waals surface area contributed by atoms with Crippen LogP contribution in [0.25, 0.3) is 0 Å². The van der Waals surface area contributed by atoms with E-state index in [1.807, 2.05) is 12.1 Å². The number of rotatable bonds is 6. The summed E-state index contributed by atoms with van der Waals surface area (Å²) in [5.41, 5.74) is 5.54. The number of benzene rings is 2. The monoisotopic (exact) mass is 490 g/mol. The zero-order valence-corrected chi connectivity index (χ0v) is 22.6. The van der Waals surface area contributed by atoms with Gasteiger partial charge in [-0.3, -0.25) is 0 Å². The van der Waals surface area contributed by atoms with E-state index in [9.17, 15) is 8.78 Å². The average Bonchev–Trinajstić information content (AvgIpc) is 3.35. The summed E-state index contributed by atoms with van der Waals surface area (Å²) in [5, 5.41) is 0.959. The number of hydrogen-bond donors (Lipinski definition) is 0. The lowest BCUT2D eigenvalue weighted by atomic mass is 9.65. The second kappa shape index (κ2) is 10.6. The fourth-order valence-electron chi connectivity index (χ4n) is 6.94. The summed E-state index contributed by atoms with van der Waals surface area (Å²) in [6.07, 6.45) is 5.30. The van der Waals surface area contributed by atoms with Crippen molar-refractivity contribution in [3.05, 3.63) is 63.7 Å². The Balaban J connectivity index is 0.000000192. The largest absolute Gasteiger partial charge is 0.435 e. The number of halogens is 3. The van der Waals surface area contributed by atoms with Crippen LogP contribution in [0, 0.1) is 17.8 Å². The molecule has 0 amide bonds. The molecule has 2 aromatic rings. The van der Waals surface area contributed by atoms with E-state index < -0.39 is 6.61 Å². The van der Waals surface area contributed by atoms with Gasteiger partial charge in [0.05, 0.1) is 0 Å². The average molecular weight is 491 g/mol. The van der Waals surface area contributed by atoms with Gasteiger partial charge in [-0.25, -0.2) is 0 Å². The highest BCUT2D eigenvalue weighted by Crippen LogP contribution is 2.51. The third kappa shape index (κ3) is 4.62. The van der Waals surface area contributed by atoms with Crippen LogP contribution in [0.3, 0.4) is 0 Å². The summed E-state index contributed by atoms with van der Waals surface area (Å²) in [5.74, 6) is 2.21. The van der Waals surface area contributed by atoms with Crippen LogP contribution in [0.2, 0.25) is 5.02 Å². The van der Waals surface area contributed by atoms with Crippen molar-refractivity contribution in [2.45, 2.75) is 98.0 Å². The molecule has 188 valence electrons. The van der Waals surface area contributed by atoms with Gasteiger partial charge in [-0.05, 0) is 89.7 Å². The van der Waals surface area contributed by atoms with Crippen LogP contribution in [-0.2, 0) is 23.7 Å². The molecule has 1 unspecified atom stereocenters. The molecule has 0 heterocycles. The lowest BCUT2D eigenvalue weighted by Crippen LogP contribution is -2.35. The molecule has 4 rings (SSSR count). The van der Waals surface area contributed by atoms with E-state index in [0.717, 1.165) is 36.3 Å². The summed E-state index contributed by atoms with van der Waals surface area (Å²) in [6.45, 7) is 13.2. The van der Waals surface area contributed by atoms with Crippen LogP contribution in [-0.4, -0.2) is 6.61 Å². The minimum absolute atomic E-state index is 0.122. The summed E-state index contributed by atoms with van der Waals surface area (Å²) < 4.78 is 29.4. The van der Waals surface area contributed by atoms with Crippen molar-refractivity contribution in [1.29, 1.82) is 0 Å². The highest BCUT2D eigenvalue weighted by atomic mass is 35.5. The molecule has 0 saturated carbocycles. The van der Waals surface area contributed by atoms with Crippen LogP contribution in [0.15, 0.2) is 36.4 Å². The molecule has 2 aliphatic rings. The molecule has 0 N–H and O–H groups in total. The molecule has 0 aliphatic heterocycles. The normalized spacial score (nSPS) is 20.5. The van der Waals surface area contributed by atoms with Gasteiger partial charge >= 0.3 is 6.61 Å². The van der Waals surface area contributed by atoms with Crippen LogP contribution in [0.5, 0.6) is 5.75 Å². The number of ether oxygens (including phenoxy) is 1. The third-order valence-electron chi connectivity index (χ3n) is 8.91. The van der Waals surface area contributed by atoms with Crippen molar-refractivity contribution < 1.29 is 13.5 Å². The Morgan fingerprint density at radius 1 is 0.824 bits per heavy atom. The Morgan fingerprint density at radius 2 is 1.41 bits per heavy atom. The molecule has 0 aromatic heterocycles. The summed E-state index contributed by atoms with van der Waals surface area (Å²) in [7, 11) is 0. The van der Waals surface area contributed by atoms with Crippen LogP contribution < -0.4 is 4.74 Å². The standard InChI is InChI=1S/C15H21Cl.C15H20F2O/c1-10(2)15(11(3)4)9-8-12-13(15)6-5-7-14(12)16;1-4-15(10(2)3)9-8-11-12(15)6-5-7-13(11)18-14(16)17/h5-7,10-11H,8-9H2,1-4H3;5-7,10,14H,4,8-9H2,1-3H3. The molecule has 0 fully saturated rings. The summed E-state index contributed by atoms with van der Waals surface area (Å²) in [4.78, 5) is 0. The van der Waals surface area contributed by atoms with Gasteiger partial charge in [0.15, 0.2) is 0 Å². The SMILES string of the molecule is CC(C)C1(C(C)C)CCc2c(Cl)cccc21.CCC1(C(C)C)CCc2c(OC(F)F)cccc21. The van der Waals surface area contributed by atoms with Gasteiger partial charge in [0.2, 0.25) is 0 Å². The van der Waals surface area contributed by atoms with Crippen LogP contribution in [0.1, 0.15) is 90.0 Å². The highest BCUT2D eigenvalue weighted by Gasteiger charge is 2.44. The Hall–Kier alpha value is -1.61. The predicted molar refractivity (Wildman–Crippen MR) is 139 cm³/mol. The first-order chi connectivity index (χ1) is 16.0. The molecule has 2 aromatic carbocycles. The zero-order valence-electron chi connectivity index (χ0n) is 21.9. The Bertz CT molecular complexity index is 974. The number of alkyl halides is 2. The zero-order chi connectivity index (χ0) is 25.3. The van der Waals surface area contributed by atoms with Crippen molar-refractivity contribution in [2.75, 3.05) is 0 Å². The minimum atomic E-state index is -2.74. The van der Waals surface area contributed by atoms with Gasteiger partial charge in [0.25, 0.3) is 0 Å². The summed E-state index contributed by atoms with van der Waals surface area (Å²) in [6, 6.07) is 12.0. The summed E-state index contributed by atoms with van der Waals surface area (Å²) >= 11 is 6.31. The van der Waals surface area contributed by atoms with Crippen LogP contribution >= 0.6 is 11.6 Å². The van der Waals surface area contributed by atoms with Crippen molar-refractivity contribution in [1.82, 2.24) is 0 Å². The Kier molecular flexibility index (Phi) is 8.38. The van der Waals surface area contributed by atoms with E-state index in [4.69, 9.17) is 11.6 Å². The van der Waals surface area contributed by atoms with Crippen molar-refractivity contribution >= 4 is 11.6 Å². The number of hydrogen-bond acceptors (Lipinski definition) is 1. The number of fused-ring (bicyclic) bond motifs is 2. The third-order valence-corrected chi connectivity index (χ3v) is 9.27. The van der Waals surface area contributed by atoms with Crippen molar-refractivity contribution in [2.24, 2.45) is 17.8 Å². The quantitative estimate of drug-likeness (QED) is 0.391. The molecule has 34 heavy (non-hydrogen) atoms. The Morgan fingerprint density at radius 3 is 1.97 bits per heavy atom. The molecule has 2 aliphatic carbocycles. The smallest absolute Gasteiger partial charge is 0.387 e. The first-order valence-corrected chi connectivity index (χ1v) is 13.2. The fourth-order valence-corrected chi connectivity index (χ4v) is 7.20. The molecule has 0 bridgehead atoms. The molecule has 4 heteroatoms. The highest BCUT2D eigenvalue weighted by molar-refractivity contribution is 6.31. The predicted octanol–water partition coefficient (Wildman–Crippen LogP) is 9.37. The Labute approximate surface area is 210 Å². The maximum absolute atomic E-state index is 12.4. The van der Waals surface area contributed by atoms with E-state index in [2.05, 4.69) is 71.4 Å². The van der Waals surface area contributed by atoms with Gasteiger partial charge in [-0.15, -0.1) is 0 Å². The molecule has 0 spiro atoms. The molecule has 0 saturated heterocycles. The maximum atomic E-state index is 12.4. The van der Waals surface area contributed by atoms with E-state index >= 15 is 0 Å². The van der Waals surface area contributed by atoms with E-state index in [0.29, 0.717) is 28.9 Å². The van der Waals surface area contributed by atoms with Crippen LogP contribution in [0.4, 0.5) is 8.78 Å². The van der Waals surface area contributed by atoms with Crippen molar-refractivity contribution in [3.63, 3.8) is 0 Å².